The van der Waals surface area contributed by atoms with E-state index in [2.05, 4.69) is 15.4 Å². The lowest BCUT2D eigenvalue weighted by Crippen LogP contribution is -2.17. The fraction of sp³-hybridized carbons (Fsp3) is 0.100. The van der Waals surface area contributed by atoms with Crippen LogP contribution in [0.1, 0.15) is 10.4 Å². The van der Waals surface area contributed by atoms with Gasteiger partial charge in [-0.1, -0.05) is 30.0 Å². The molecule has 0 bridgehead atoms. The predicted molar refractivity (Wildman–Crippen MR) is 113 cm³/mol. The first-order valence-corrected chi connectivity index (χ1v) is 10.5. The number of carbonyl (C=O) groups excluding carboxylic acids is 2. The number of esters is 1. The Labute approximate surface area is 174 Å². The zero-order chi connectivity index (χ0) is 20.2. The Morgan fingerprint density at radius 1 is 1.24 bits per heavy atom. The third kappa shape index (κ3) is 4.15. The number of hydrogen-bond donors (Lipinski definition) is 1. The van der Waals surface area contributed by atoms with Crippen LogP contribution in [0.25, 0.3) is 16.1 Å². The molecule has 4 rings (SSSR count). The lowest BCUT2D eigenvalue weighted by Gasteiger charge is -2.09. The molecule has 3 heterocycles. The van der Waals surface area contributed by atoms with Gasteiger partial charge in [-0.05, 0) is 29.6 Å². The van der Waals surface area contributed by atoms with Crippen LogP contribution in [-0.2, 0) is 9.53 Å². The molecule has 0 fully saturated rings. The first-order chi connectivity index (χ1) is 14.2. The van der Waals surface area contributed by atoms with E-state index >= 15 is 0 Å². The van der Waals surface area contributed by atoms with Gasteiger partial charge in [-0.15, -0.1) is 11.3 Å². The molecule has 1 N–H and O–H groups in total. The summed E-state index contributed by atoms with van der Waals surface area (Å²) < 4.78 is 6.51. The highest BCUT2D eigenvalue weighted by molar-refractivity contribution is 8.00. The van der Waals surface area contributed by atoms with Crippen molar-refractivity contribution in [2.45, 2.75) is 5.03 Å². The van der Waals surface area contributed by atoms with Crippen molar-refractivity contribution < 1.29 is 14.3 Å². The number of aromatic nitrogens is 3. The second-order valence-corrected chi connectivity index (χ2v) is 7.85. The highest BCUT2D eigenvalue weighted by atomic mass is 32.2. The normalized spacial score (nSPS) is 10.8. The smallest absolute Gasteiger partial charge is 0.339 e. The quantitative estimate of drug-likeness (QED) is 0.372. The monoisotopic (exact) mass is 424 g/mol. The summed E-state index contributed by atoms with van der Waals surface area (Å²) in [5, 5.41) is 10.0. The number of fused-ring (bicyclic) bond motifs is 1. The largest absolute Gasteiger partial charge is 0.465 e. The Balaban J connectivity index is 1.49. The number of nitrogens with one attached hydrogen (secondary N) is 1. The summed E-state index contributed by atoms with van der Waals surface area (Å²) in [7, 11) is 1.30. The standard InChI is InChI=1S/C20H16N4O3S2/c1-27-20(26)13-5-2-3-6-14(13)22-18(25)12-29-19-16-11-15(17-7-4-10-28-17)23-24(16)9-8-21-19/h2-11H,12H2,1H3,(H,22,25). The van der Waals surface area contributed by atoms with E-state index in [1.54, 1.807) is 52.5 Å². The molecule has 146 valence electrons. The van der Waals surface area contributed by atoms with Crippen molar-refractivity contribution in [2.24, 2.45) is 0 Å². The summed E-state index contributed by atoms with van der Waals surface area (Å²) in [6.07, 6.45) is 3.44. The van der Waals surface area contributed by atoms with Crippen LogP contribution >= 0.6 is 23.1 Å². The minimum Gasteiger partial charge on any atom is -0.465 e. The molecule has 3 aromatic heterocycles. The van der Waals surface area contributed by atoms with E-state index in [-0.39, 0.29) is 11.7 Å². The van der Waals surface area contributed by atoms with Gasteiger partial charge >= 0.3 is 5.97 Å². The fourth-order valence-corrected chi connectivity index (χ4v) is 4.21. The Morgan fingerprint density at radius 2 is 2.10 bits per heavy atom. The summed E-state index contributed by atoms with van der Waals surface area (Å²) in [5.74, 6) is -0.602. The van der Waals surface area contributed by atoms with E-state index in [1.165, 1.54) is 18.9 Å². The molecular weight excluding hydrogens is 408 g/mol. The number of benzene rings is 1. The maximum absolute atomic E-state index is 12.4. The summed E-state index contributed by atoms with van der Waals surface area (Å²) in [6, 6.07) is 12.7. The van der Waals surface area contributed by atoms with Crippen molar-refractivity contribution in [2.75, 3.05) is 18.2 Å². The van der Waals surface area contributed by atoms with Crippen LogP contribution < -0.4 is 5.32 Å². The van der Waals surface area contributed by atoms with E-state index in [1.807, 2.05) is 23.6 Å². The molecule has 0 spiro atoms. The van der Waals surface area contributed by atoms with Crippen LogP contribution in [-0.4, -0.2) is 39.3 Å². The van der Waals surface area contributed by atoms with E-state index in [0.29, 0.717) is 16.3 Å². The fourth-order valence-electron chi connectivity index (χ4n) is 2.75. The Bertz CT molecular complexity index is 1170. The molecule has 0 atom stereocenters. The summed E-state index contributed by atoms with van der Waals surface area (Å²) >= 11 is 2.93. The number of amides is 1. The number of ether oxygens (including phenoxy) is 1. The zero-order valence-electron chi connectivity index (χ0n) is 15.4. The van der Waals surface area contributed by atoms with Crippen LogP contribution in [0.2, 0.25) is 0 Å². The van der Waals surface area contributed by atoms with E-state index in [9.17, 15) is 9.59 Å². The summed E-state index contributed by atoms with van der Waals surface area (Å²) in [6.45, 7) is 0. The SMILES string of the molecule is COC(=O)c1ccccc1NC(=O)CSc1nccn2nc(-c3cccs3)cc12. The molecule has 0 aliphatic rings. The topological polar surface area (TPSA) is 85.6 Å². The number of anilines is 1. The molecule has 0 aliphatic heterocycles. The first kappa shape index (κ1) is 19.2. The number of thiophene rings is 1. The first-order valence-electron chi connectivity index (χ1n) is 8.64. The van der Waals surface area contributed by atoms with Gasteiger partial charge < -0.3 is 10.1 Å². The minimum absolute atomic E-state index is 0.141. The van der Waals surface area contributed by atoms with Gasteiger partial charge in [-0.2, -0.15) is 5.10 Å². The van der Waals surface area contributed by atoms with Crippen molar-refractivity contribution >= 4 is 46.2 Å². The molecule has 1 aromatic carbocycles. The molecule has 0 saturated heterocycles. The van der Waals surface area contributed by atoms with Gasteiger partial charge in [0.25, 0.3) is 0 Å². The van der Waals surface area contributed by atoms with Crippen LogP contribution in [0.15, 0.2) is 65.3 Å². The second-order valence-electron chi connectivity index (χ2n) is 5.94. The predicted octanol–water partition coefficient (Wildman–Crippen LogP) is 3.98. The lowest BCUT2D eigenvalue weighted by atomic mass is 10.2. The highest BCUT2D eigenvalue weighted by Gasteiger charge is 2.15. The molecule has 29 heavy (non-hydrogen) atoms. The van der Waals surface area contributed by atoms with Crippen LogP contribution in [0.5, 0.6) is 0 Å². The number of carbonyl (C=O) groups is 2. The highest BCUT2D eigenvalue weighted by Crippen LogP contribution is 2.28. The van der Waals surface area contributed by atoms with Crippen LogP contribution in [0.3, 0.4) is 0 Å². The number of hydrogen-bond acceptors (Lipinski definition) is 7. The van der Waals surface area contributed by atoms with Crippen molar-refractivity contribution in [3.63, 3.8) is 0 Å². The Kier molecular flexibility index (Phi) is 5.59. The average molecular weight is 425 g/mol. The third-order valence-electron chi connectivity index (χ3n) is 4.07. The second kappa shape index (κ2) is 8.46. The lowest BCUT2D eigenvalue weighted by molar-refractivity contribution is -0.113. The number of nitrogens with zero attached hydrogens (tertiary/aromatic N) is 3. The van der Waals surface area contributed by atoms with E-state index in [0.717, 1.165) is 16.1 Å². The van der Waals surface area contributed by atoms with Gasteiger partial charge in [0.05, 0.1) is 34.5 Å². The molecule has 0 unspecified atom stereocenters. The molecule has 0 radical (unpaired) electrons. The Morgan fingerprint density at radius 3 is 2.90 bits per heavy atom. The van der Waals surface area contributed by atoms with Gasteiger partial charge in [0, 0.05) is 12.4 Å². The van der Waals surface area contributed by atoms with Gasteiger partial charge in [0.1, 0.15) is 10.7 Å². The molecule has 0 aliphatic carbocycles. The van der Waals surface area contributed by atoms with Crippen LogP contribution in [0.4, 0.5) is 5.69 Å². The third-order valence-corrected chi connectivity index (χ3v) is 5.96. The van der Waals surface area contributed by atoms with Gasteiger partial charge in [-0.3, -0.25) is 4.79 Å². The van der Waals surface area contributed by atoms with Crippen molar-refractivity contribution in [3.8, 4) is 10.6 Å². The molecule has 7 nitrogen and oxygen atoms in total. The number of methoxy groups -OCH3 is 1. The number of rotatable bonds is 6. The summed E-state index contributed by atoms with van der Waals surface area (Å²) in [5.41, 5.74) is 2.43. The number of thioether (sulfide) groups is 1. The zero-order valence-corrected chi connectivity index (χ0v) is 17.0. The average Bonchev–Trinajstić information content (AvgIpc) is 3.41. The van der Waals surface area contributed by atoms with Gasteiger partial charge in [0.15, 0.2) is 0 Å². The van der Waals surface area contributed by atoms with E-state index in [4.69, 9.17) is 4.74 Å². The molecule has 0 saturated carbocycles. The molecule has 1 amide bonds. The van der Waals surface area contributed by atoms with Gasteiger partial charge in [-0.25, -0.2) is 14.3 Å². The maximum atomic E-state index is 12.4. The van der Waals surface area contributed by atoms with Crippen LogP contribution in [0, 0.1) is 0 Å². The van der Waals surface area contributed by atoms with E-state index < -0.39 is 5.97 Å². The van der Waals surface area contributed by atoms with Gasteiger partial charge in [0.2, 0.25) is 5.91 Å². The summed E-state index contributed by atoms with van der Waals surface area (Å²) in [4.78, 5) is 29.8. The minimum atomic E-state index is -0.500. The Hall–Kier alpha value is -3.17. The molecule has 9 heteroatoms. The number of para-hydroxylation sites is 1. The van der Waals surface area contributed by atoms with Crippen molar-refractivity contribution in [1.29, 1.82) is 0 Å². The maximum Gasteiger partial charge on any atom is 0.339 e. The van der Waals surface area contributed by atoms with Crippen molar-refractivity contribution in [3.05, 3.63) is 65.8 Å². The van der Waals surface area contributed by atoms with Crippen molar-refractivity contribution in [1.82, 2.24) is 14.6 Å². The molecular formula is C20H16N4O3S2. The molecule has 4 aromatic rings.